The Hall–Kier alpha value is -1.72. The molecule has 0 unspecified atom stereocenters. The van der Waals surface area contributed by atoms with Gasteiger partial charge >= 0.3 is 6.36 Å². The zero-order valence-electron chi connectivity index (χ0n) is 10.2. The maximum Gasteiger partial charge on any atom is 0.573 e. The van der Waals surface area contributed by atoms with Crippen LogP contribution >= 0.6 is 23.2 Å². The molecule has 0 aliphatic carbocycles. The third-order valence-corrected chi connectivity index (χ3v) is 3.13. The smallest absolute Gasteiger partial charge is 0.405 e. The van der Waals surface area contributed by atoms with E-state index in [9.17, 15) is 18.0 Å². The monoisotopic (exact) mass is 334 g/mol. The number of halogens is 5. The summed E-state index contributed by atoms with van der Waals surface area (Å²) in [6.07, 6.45) is -4.86. The SMILES string of the molecule is O=C(Cl)c1cccc(Cl)c1-c1ccccc1OC(F)(F)F. The maximum atomic E-state index is 12.4. The van der Waals surface area contributed by atoms with Crippen molar-refractivity contribution in [1.29, 1.82) is 0 Å². The minimum Gasteiger partial charge on any atom is -0.405 e. The van der Waals surface area contributed by atoms with Crippen molar-refractivity contribution < 1.29 is 22.7 Å². The fourth-order valence-corrected chi connectivity index (χ4v) is 2.28. The number of benzene rings is 2. The first-order chi connectivity index (χ1) is 9.79. The first kappa shape index (κ1) is 15.7. The van der Waals surface area contributed by atoms with Crippen LogP contribution in [0, 0.1) is 0 Å². The highest BCUT2D eigenvalue weighted by Crippen LogP contribution is 2.39. The summed E-state index contributed by atoms with van der Waals surface area (Å²) in [4.78, 5) is 11.4. The van der Waals surface area contributed by atoms with Gasteiger partial charge in [-0.2, -0.15) is 0 Å². The van der Waals surface area contributed by atoms with Crippen LogP contribution in [0.4, 0.5) is 13.2 Å². The Morgan fingerprint density at radius 2 is 1.71 bits per heavy atom. The molecule has 0 aliphatic rings. The summed E-state index contributed by atoms with van der Waals surface area (Å²) in [6.45, 7) is 0. The zero-order chi connectivity index (χ0) is 15.6. The Bertz CT molecular complexity index is 684. The molecule has 0 N–H and O–H groups in total. The van der Waals surface area contributed by atoms with E-state index >= 15 is 0 Å². The Balaban J connectivity index is 2.66. The van der Waals surface area contributed by atoms with Crippen molar-refractivity contribution in [3.05, 3.63) is 53.1 Å². The van der Waals surface area contributed by atoms with Crippen molar-refractivity contribution in [2.45, 2.75) is 6.36 Å². The Morgan fingerprint density at radius 1 is 1.05 bits per heavy atom. The first-order valence-electron chi connectivity index (χ1n) is 5.63. The van der Waals surface area contributed by atoms with Crippen LogP contribution in [0.1, 0.15) is 10.4 Å². The number of ether oxygens (including phenoxy) is 1. The summed E-state index contributed by atoms with van der Waals surface area (Å²) in [5.74, 6) is -0.461. The van der Waals surface area contributed by atoms with Gasteiger partial charge in [-0.25, -0.2) is 0 Å². The molecule has 0 heterocycles. The quantitative estimate of drug-likeness (QED) is 0.713. The molecule has 110 valence electrons. The van der Waals surface area contributed by atoms with Gasteiger partial charge in [0, 0.05) is 21.7 Å². The third-order valence-electron chi connectivity index (χ3n) is 2.61. The summed E-state index contributed by atoms with van der Waals surface area (Å²) in [5.41, 5.74) is 0.130. The van der Waals surface area contributed by atoms with Crippen molar-refractivity contribution >= 4 is 28.4 Å². The van der Waals surface area contributed by atoms with Crippen molar-refractivity contribution in [1.82, 2.24) is 0 Å². The van der Waals surface area contributed by atoms with Crippen molar-refractivity contribution in [3.8, 4) is 16.9 Å². The number of para-hydroxylation sites is 1. The minimum atomic E-state index is -4.86. The molecular weight excluding hydrogens is 328 g/mol. The molecule has 2 aromatic rings. The Morgan fingerprint density at radius 3 is 2.33 bits per heavy atom. The lowest BCUT2D eigenvalue weighted by Gasteiger charge is -2.15. The molecule has 0 aromatic heterocycles. The number of rotatable bonds is 3. The van der Waals surface area contributed by atoms with Gasteiger partial charge in [0.25, 0.3) is 5.24 Å². The molecule has 0 saturated carbocycles. The summed E-state index contributed by atoms with van der Waals surface area (Å²) in [6, 6.07) is 9.69. The van der Waals surface area contributed by atoms with Gasteiger partial charge in [-0.1, -0.05) is 35.9 Å². The molecule has 0 fully saturated rings. The number of carbonyl (C=O) groups excluding carboxylic acids is 1. The van der Waals surface area contributed by atoms with Gasteiger partial charge in [0.05, 0.1) is 0 Å². The van der Waals surface area contributed by atoms with Crippen LogP contribution in [0.15, 0.2) is 42.5 Å². The molecule has 0 aliphatic heterocycles. The average Bonchev–Trinajstić information content (AvgIpc) is 2.37. The second kappa shape index (κ2) is 5.95. The molecule has 0 saturated heterocycles. The van der Waals surface area contributed by atoms with Gasteiger partial charge in [-0.05, 0) is 29.8 Å². The fourth-order valence-electron chi connectivity index (χ4n) is 1.85. The van der Waals surface area contributed by atoms with Crippen molar-refractivity contribution in [2.75, 3.05) is 0 Å². The Kier molecular flexibility index (Phi) is 4.44. The minimum absolute atomic E-state index is 0.00221. The molecule has 0 atom stereocenters. The van der Waals surface area contributed by atoms with E-state index in [-0.39, 0.29) is 21.7 Å². The highest BCUT2D eigenvalue weighted by atomic mass is 35.5. The fraction of sp³-hybridized carbons (Fsp3) is 0.0714. The maximum absolute atomic E-state index is 12.4. The molecule has 2 nitrogen and oxygen atoms in total. The van der Waals surface area contributed by atoms with Crippen LogP contribution < -0.4 is 4.74 Å². The van der Waals surface area contributed by atoms with E-state index in [1.54, 1.807) is 0 Å². The standard InChI is InChI=1S/C14H7Cl2F3O2/c15-10-6-3-5-9(13(16)20)12(10)8-4-1-2-7-11(8)21-14(17,18)19/h1-7H. The van der Waals surface area contributed by atoms with E-state index in [2.05, 4.69) is 4.74 Å². The highest BCUT2D eigenvalue weighted by molar-refractivity contribution is 6.68. The molecule has 2 aromatic carbocycles. The molecule has 0 amide bonds. The van der Waals surface area contributed by atoms with Gasteiger partial charge in [-0.15, -0.1) is 13.2 Å². The number of alkyl halides is 3. The number of carbonyl (C=O) groups is 1. The molecule has 7 heteroatoms. The topological polar surface area (TPSA) is 26.3 Å². The summed E-state index contributed by atoms with van der Waals surface area (Å²) in [5, 5.41) is -0.728. The van der Waals surface area contributed by atoms with E-state index in [0.29, 0.717) is 0 Å². The lowest BCUT2D eigenvalue weighted by molar-refractivity contribution is -0.274. The van der Waals surface area contributed by atoms with E-state index in [1.165, 1.54) is 36.4 Å². The zero-order valence-corrected chi connectivity index (χ0v) is 11.8. The third kappa shape index (κ3) is 3.68. The number of hydrogen-bond donors (Lipinski definition) is 0. The molecule has 0 radical (unpaired) electrons. The van der Waals surface area contributed by atoms with Gasteiger partial charge in [-0.3, -0.25) is 4.79 Å². The first-order valence-corrected chi connectivity index (χ1v) is 6.38. The number of hydrogen-bond acceptors (Lipinski definition) is 2. The van der Waals surface area contributed by atoms with Crippen LogP contribution in [0.2, 0.25) is 5.02 Å². The van der Waals surface area contributed by atoms with E-state index in [0.717, 1.165) is 6.07 Å². The Labute approximate surface area is 128 Å². The largest absolute Gasteiger partial charge is 0.573 e. The molecule has 0 bridgehead atoms. The van der Waals surface area contributed by atoms with Gasteiger partial charge in [0.2, 0.25) is 0 Å². The average molecular weight is 335 g/mol. The summed E-state index contributed by atoms with van der Waals surface area (Å²) >= 11 is 11.5. The van der Waals surface area contributed by atoms with Crippen LogP contribution in [-0.4, -0.2) is 11.6 Å². The van der Waals surface area contributed by atoms with Gasteiger partial charge < -0.3 is 4.74 Å². The summed E-state index contributed by atoms with van der Waals surface area (Å²) < 4.78 is 41.3. The van der Waals surface area contributed by atoms with Crippen LogP contribution in [0.5, 0.6) is 5.75 Å². The predicted octanol–water partition coefficient (Wildman–Crippen LogP) is 5.28. The van der Waals surface area contributed by atoms with Crippen molar-refractivity contribution in [2.24, 2.45) is 0 Å². The highest BCUT2D eigenvalue weighted by Gasteiger charge is 2.32. The van der Waals surface area contributed by atoms with Crippen molar-refractivity contribution in [3.63, 3.8) is 0 Å². The van der Waals surface area contributed by atoms with Crippen LogP contribution in [0.25, 0.3) is 11.1 Å². The lowest BCUT2D eigenvalue weighted by atomic mass is 9.99. The second-order valence-corrected chi connectivity index (χ2v) is 4.73. The lowest BCUT2D eigenvalue weighted by Crippen LogP contribution is -2.17. The van der Waals surface area contributed by atoms with E-state index < -0.39 is 17.4 Å². The normalized spacial score (nSPS) is 11.3. The molecular formula is C14H7Cl2F3O2. The molecule has 21 heavy (non-hydrogen) atoms. The molecule has 2 rings (SSSR count). The van der Waals surface area contributed by atoms with Crippen LogP contribution in [0.3, 0.4) is 0 Å². The second-order valence-electron chi connectivity index (χ2n) is 3.98. The molecule has 0 spiro atoms. The van der Waals surface area contributed by atoms with Gasteiger partial charge in [0.1, 0.15) is 5.75 Å². The predicted molar refractivity (Wildman–Crippen MR) is 73.8 cm³/mol. The van der Waals surface area contributed by atoms with E-state index in [4.69, 9.17) is 23.2 Å². The van der Waals surface area contributed by atoms with Crippen LogP contribution in [-0.2, 0) is 0 Å². The van der Waals surface area contributed by atoms with E-state index in [1.807, 2.05) is 0 Å². The summed E-state index contributed by atoms with van der Waals surface area (Å²) in [7, 11) is 0. The van der Waals surface area contributed by atoms with Gasteiger partial charge in [0.15, 0.2) is 0 Å².